The van der Waals surface area contributed by atoms with Crippen molar-refractivity contribution < 1.29 is 18.0 Å². The fourth-order valence-corrected chi connectivity index (χ4v) is 1.90. The van der Waals surface area contributed by atoms with Gasteiger partial charge >= 0.3 is 12.2 Å². The van der Waals surface area contributed by atoms with Crippen molar-refractivity contribution in [3.8, 4) is 0 Å². The molecular formula is C12H13F3N2O. The quantitative estimate of drug-likeness (QED) is 0.823. The van der Waals surface area contributed by atoms with E-state index in [1.165, 1.54) is 12.1 Å². The molecule has 1 N–H and O–H groups in total. The fourth-order valence-electron chi connectivity index (χ4n) is 1.90. The van der Waals surface area contributed by atoms with Crippen molar-refractivity contribution in [2.24, 2.45) is 0 Å². The summed E-state index contributed by atoms with van der Waals surface area (Å²) in [5, 5.41) is 2.48. The molecule has 0 aromatic heterocycles. The second kappa shape index (κ2) is 4.88. The third-order valence-electron chi connectivity index (χ3n) is 2.83. The van der Waals surface area contributed by atoms with Crippen molar-refractivity contribution in [1.82, 2.24) is 4.90 Å². The Morgan fingerprint density at radius 3 is 2.50 bits per heavy atom. The Hall–Kier alpha value is -1.72. The lowest BCUT2D eigenvalue weighted by atomic mass is 10.2. The number of carbonyl (C=O) groups is 1. The first-order valence-corrected chi connectivity index (χ1v) is 5.70. The zero-order valence-electron chi connectivity index (χ0n) is 9.63. The average Bonchev–Trinajstić information content (AvgIpc) is 2.81. The molecule has 6 heteroatoms. The molecule has 98 valence electrons. The Morgan fingerprint density at radius 2 is 1.89 bits per heavy atom. The molecule has 0 spiro atoms. The van der Waals surface area contributed by atoms with Crippen LogP contribution in [0.2, 0.25) is 0 Å². The molecule has 0 bridgehead atoms. The van der Waals surface area contributed by atoms with Crippen molar-refractivity contribution >= 4 is 11.7 Å². The Morgan fingerprint density at radius 1 is 1.22 bits per heavy atom. The molecule has 0 radical (unpaired) electrons. The van der Waals surface area contributed by atoms with Crippen molar-refractivity contribution in [3.05, 3.63) is 29.8 Å². The number of carbonyl (C=O) groups excluding carboxylic acids is 1. The monoisotopic (exact) mass is 258 g/mol. The summed E-state index contributed by atoms with van der Waals surface area (Å²) in [5.41, 5.74) is -0.594. The van der Waals surface area contributed by atoms with Crippen LogP contribution in [0.4, 0.5) is 23.7 Å². The zero-order valence-corrected chi connectivity index (χ0v) is 9.63. The van der Waals surface area contributed by atoms with Crippen LogP contribution in [0.1, 0.15) is 18.4 Å². The minimum Gasteiger partial charge on any atom is -0.325 e. The normalized spacial score (nSPS) is 15.8. The van der Waals surface area contributed by atoms with Gasteiger partial charge in [-0.25, -0.2) is 4.79 Å². The highest BCUT2D eigenvalue weighted by Gasteiger charge is 2.30. The van der Waals surface area contributed by atoms with Gasteiger partial charge in [-0.2, -0.15) is 13.2 Å². The van der Waals surface area contributed by atoms with Crippen molar-refractivity contribution in [1.29, 1.82) is 0 Å². The smallest absolute Gasteiger partial charge is 0.325 e. The third-order valence-corrected chi connectivity index (χ3v) is 2.83. The molecule has 1 saturated heterocycles. The number of amides is 2. The van der Waals surface area contributed by atoms with Crippen LogP contribution >= 0.6 is 0 Å². The van der Waals surface area contributed by atoms with Gasteiger partial charge in [-0.05, 0) is 31.0 Å². The first-order valence-electron chi connectivity index (χ1n) is 5.70. The van der Waals surface area contributed by atoms with Crippen LogP contribution in [0.15, 0.2) is 24.3 Å². The molecule has 18 heavy (non-hydrogen) atoms. The molecule has 2 amide bonds. The van der Waals surface area contributed by atoms with Crippen LogP contribution in [-0.4, -0.2) is 24.0 Å². The first kappa shape index (κ1) is 12.7. The van der Waals surface area contributed by atoms with Crippen molar-refractivity contribution in [3.63, 3.8) is 0 Å². The fraction of sp³-hybridized carbons (Fsp3) is 0.417. The number of anilines is 1. The van der Waals surface area contributed by atoms with Gasteiger partial charge < -0.3 is 10.2 Å². The number of halogens is 3. The van der Waals surface area contributed by atoms with E-state index in [0.29, 0.717) is 13.1 Å². The molecule has 3 nitrogen and oxygen atoms in total. The van der Waals surface area contributed by atoms with E-state index in [1.54, 1.807) is 4.90 Å². The second-order valence-corrected chi connectivity index (χ2v) is 4.20. The lowest BCUT2D eigenvalue weighted by Gasteiger charge is -2.16. The lowest BCUT2D eigenvalue weighted by Crippen LogP contribution is -2.32. The van der Waals surface area contributed by atoms with Crippen LogP contribution in [-0.2, 0) is 6.18 Å². The number of urea groups is 1. The van der Waals surface area contributed by atoms with Crippen molar-refractivity contribution in [2.45, 2.75) is 19.0 Å². The standard InChI is InChI=1S/C12H13F3N2O/c13-12(14,15)9-4-3-5-10(8-9)16-11(18)17-6-1-2-7-17/h3-5,8H,1-2,6-7H2,(H,16,18). The highest BCUT2D eigenvalue weighted by atomic mass is 19.4. The van der Waals surface area contributed by atoms with E-state index in [2.05, 4.69) is 5.32 Å². The molecule has 0 aliphatic carbocycles. The summed E-state index contributed by atoms with van der Waals surface area (Å²) >= 11 is 0. The Balaban J connectivity index is 2.07. The minimum atomic E-state index is -4.39. The third kappa shape index (κ3) is 2.94. The topological polar surface area (TPSA) is 32.3 Å². The van der Waals surface area contributed by atoms with Gasteiger partial charge in [-0.1, -0.05) is 6.07 Å². The molecule has 1 aliphatic heterocycles. The molecular weight excluding hydrogens is 245 g/mol. The van der Waals surface area contributed by atoms with Gasteiger partial charge in [0.05, 0.1) is 5.56 Å². The molecule has 1 aliphatic rings. The van der Waals surface area contributed by atoms with Crippen molar-refractivity contribution in [2.75, 3.05) is 18.4 Å². The summed E-state index contributed by atoms with van der Waals surface area (Å²) in [5.74, 6) is 0. The number of likely N-dealkylation sites (tertiary alicyclic amines) is 1. The molecule has 1 fully saturated rings. The van der Waals surface area contributed by atoms with Gasteiger partial charge in [0, 0.05) is 18.8 Å². The number of hydrogen-bond acceptors (Lipinski definition) is 1. The van der Waals surface area contributed by atoms with Crippen LogP contribution in [0.3, 0.4) is 0 Å². The molecule has 0 saturated carbocycles. The van der Waals surface area contributed by atoms with Gasteiger partial charge in [0.2, 0.25) is 0 Å². The predicted octanol–water partition coefficient (Wildman–Crippen LogP) is 3.33. The molecule has 1 aromatic carbocycles. The van der Waals surface area contributed by atoms with E-state index < -0.39 is 11.7 Å². The SMILES string of the molecule is O=C(Nc1cccc(C(F)(F)F)c1)N1CCCC1. The maximum Gasteiger partial charge on any atom is 0.416 e. The molecule has 1 aromatic rings. The zero-order chi connectivity index (χ0) is 13.2. The Bertz CT molecular complexity index is 439. The van der Waals surface area contributed by atoms with Gasteiger partial charge in [-0.15, -0.1) is 0 Å². The van der Waals surface area contributed by atoms with Gasteiger partial charge in [0.25, 0.3) is 0 Å². The number of hydrogen-bond donors (Lipinski definition) is 1. The maximum atomic E-state index is 12.5. The summed E-state index contributed by atoms with van der Waals surface area (Å²) in [6.07, 6.45) is -2.51. The van der Waals surface area contributed by atoms with Gasteiger partial charge in [0.1, 0.15) is 0 Å². The van der Waals surface area contributed by atoms with Gasteiger partial charge in [0.15, 0.2) is 0 Å². The summed E-state index contributed by atoms with van der Waals surface area (Å²) in [7, 11) is 0. The first-order chi connectivity index (χ1) is 8.47. The highest BCUT2D eigenvalue weighted by molar-refractivity contribution is 5.89. The van der Waals surface area contributed by atoms with E-state index in [4.69, 9.17) is 0 Å². The van der Waals surface area contributed by atoms with Crippen LogP contribution in [0, 0.1) is 0 Å². The highest BCUT2D eigenvalue weighted by Crippen LogP contribution is 2.30. The lowest BCUT2D eigenvalue weighted by molar-refractivity contribution is -0.137. The number of nitrogens with zero attached hydrogens (tertiary/aromatic N) is 1. The molecule has 0 unspecified atom stereocenters. The molecule has 2 rings (SSSR count). The minimum absolute atomic E-state index is 0.168. The van der Waals surface area contributed by atoms with E-state index in [9.17, 15) is 18.0 Å². The number of nitrogens with one attached hydrogen (secondary N) is 1. The van der Waals surface area contributed by atoms with Crippen LogP contribution in [0.25, 0.3) is 0 Å². The number of alkyl halides is 3. The predicted molar refractivity (Wildman–Crippen MR) is 61.3 cm³/mol. The van der Waals surface area contributed by atoms with E-state index in [0.717, 1.165) is 25.0 Å². The van der Waals surface area contributed by atoms with E-state index >= 15 is 0 Å². The maximum absolute atomic E-state index is 12.5. The van der Waals surface area contributed by atoms with E-state index in [-0.39, 0.29) is 11.7 Å². The summed E-state index contributed by atoms with van der Waals surface area (Å²) in [6.45, 7) is 1.32. The van der Waals surface area contributed by atoms with Crippen LogP contribution in [0.5, 0.6) is 0 Å². The Kier molecular flexibility index (Phi) is 3.45. The van der Waals surface area contributed by atoms with Crippen LogP contribution < -0.4 is 5.32 Å². The number of benzene rings is 1. The summed E-state index contributed by atoms with van der Waals surface area (Å²) < 4.78 is 37.4. The van der Waals surface area contributed by atoms with Gasteiger partial charge in [-0.3, -0.25) is 0 Å². The van der Waals surface area contributed by atoms with E-state index in [1.807, 2.05) is 0 Å². The number of rotatable bonds is 1. The average molecular weight is 258 g/mol. The second-order valence-electron chi connectivity index (χ2n) is 4.20. The molecule has 0 atom stereocenters. The summed E-state index contributed by atoms with van der Waals surface area (Å²) in [4.78, 5) is 13.3. The Labute approximate surface area is 103 Å². The molecule has 1 heterocycles. The largest absolute Gasteiger partial charge is 0.416 e. The summed E-state index contributed by atoms with van der Waals surface area (Å²) in [6, 6.07) is 4.30.